The number of hydrogen-bond donors (Lipinski definition) is 3. The molecule has 0 saturated carbocycles. The van der Waals surface area contributed by atoms with Gasteiger partial charge in [-0.3, -0.25) is 14.4 Å². The zero-order chi connectivity index (χ0) is 30.0. The van der Waals surface area contributed by atoms with E-state index in [-0.39, 0.29) is 17.6 Å². The van der Waals surface area contributed by atoms with Crippen LogP contribution in [-0.2, 0) is 11.3 Å². The normalized spacial score (nSPS) is 13.3. The quantitative estimate of drug-likeness (QED) is 0.295. The molecule has 1 saturated heterocycles. The molecule has 2 aromatic carbocycles. The molecule has 14 heteroatoms. The van der Waals surface area contributed by atoms with Gasteiger partial charge in [-0.15, -0.1) is 10.2 Å². The number of H-pyrrole nitrogens is 2. The maximum atomic E-state index is 14.2. The lowest BCUT2D eigenvalue weighted by atomic mass is 10.1. The number of nitrogens with zero attached hydrogens (tertiary/aromatic N) is 5. The summed E-state index contributed by atoms with van der Waals surface area (Å²) in [6.07, 6.45) is 0.699. The summed E-state index contributed by atoms with van der Waals surface area (Å²) in [5.74, 6) is -1.06. The van der Waals surface area contributed by atoms with Crippen LogP contribution in [0.1, 0.15) is 60.0 Å². The van der Waals surface area contributed by atoms with E-state index in [4.69, 9.17) is 16.3 Å². The molecule has 0 unspecified atom stereocenters. The highest BCUT2D eigenvalue weighted by Gasteiger charge is 2.32. The van der Waals surface area contributed by atoms with Gasteiger partial charge in [0, 0.05) is 29.1 Å². The van der Waals surface area contributed by atoms with Crippen molar-refractivity contribution in [2.75, 3.05) is 13.1 Å². The average molecular weight is 593 g/mol. The van der Waals surface area contributed by atoms with E-state index >= 15 is 0 Å². The van der Waals surface area contributed by atoms with Crippen LogP contribution in [0, 0.1) is 0 Å². The lowest BCUT2D eigenvalue weighted by Crippen LogP contribution is -2.49. The van der Waals surface area contributed by atoms with E-state index in [9.17, 15) is 19.2 Å². The molecule has 3 heterocycles. The van der Waals surface area contributed by atoms with Crippen molar-refractivity contribution in [3.05, 3.63) is 74.5 Å². The van der Waals surface area contributed by atoms with Crippen LogP contribution in [-0.4, -0.2) is 72.1 Å². The van der Waals surface area contributed by atoms with Crippen LogP contribution < -0.4 is 10.9 Å². The highest BCUT2D eigenvalue weighted by molar-refractivity contribution is 6.31. The second-order valence-electron chi connectivity index (χ2n) is 10.8. The van der Waals surface area contributed by atoms with E-state index in [0.29, 0.717) is 40.6 Å². The van der Waals surface area contributed by atoms with Crippen molar-refractivity contribution in [2.45, 2.75) is 45.8 Å². The minimum absolute atomic E-state index is 0.164. The van der Waals surface area contributed by atoms with Gasteiger partial charge < -0.3 is 14.6 Å². The number of hydrazine groups is 1. The van der Waals surface area contributed by atoms with Gasteiger partial charge in [0.2, 0.25) is 11.3 Å². The van der Waals surface area contributed by atoms with Gasteiger partial charge in [0.25, 0.3) is 11.8 Å². The Morgan fingerprint density at radius 2 is 1.88 bits per heavy atom. The highest BCUT2D eigenvalue weighted by atomic mass is 35.5. The molecule has 3 N–H and O–H groups in total. The Kier molecular flexibility index (Phi) is 7.94. The fraction of sp³-hybridized carbons (Fsp3) is 0.321. The summed E-state index contributed by atoms with van der Waals surface area (Å²) in [7, 11) is 0. The fourth-order valence-corrected chi connectivity index (χ4v) is 4.86. The van der Waals surface area contributed by atoms with Crippen LogP contribution in [0.25, 0.3) is 22.3 Å². The maximum Gasteiger partial charge on any atom is 0.426 e. The summed E-state index contributed by atoms with van der Waals surface area (Å²) in [4.78, 5) is 59.2. The average Bonchev–Trinajstić information content (AvgIpc) is 3.66. The van der Waals surface area contributed by atoms with Crippen molar-refractivity contribution in [1.82, 2.24) is 40.9 Å². The first kappa shape index (κ1) is 28.7. The first-order valence-corrected chi connectivity index (χ1v) is 13.7. The van der Waals surface area contributed by atoms with Crippen LogP contribution in [0.3, 0.4) is 0 Å². The first-order chi connectivity index (χ1) is 20.0. The number of fused-ring (bicyclic) bond motifs is 1. The molecule has 218 valence electrons. The molecule has 0 bridgehead atoms. The summed E-state index contributed by atoms with van der Waals surface area (Å²) in [5, 5.41) is 15.4. The fourth-order valence-electron chi connectivity index (χ4n) is 4.69. The Hall–Kier alpha value is -4.78. The number of pyridine rings is 1. The molecule has 1 aliphatic heterocycles. The molecule has 1 fully saturated rings. The van der Waals surface area contributed by atoms with Gasteiger partial charge in [-0.1, -0.05) is 29.8 Å². The highest BCUT2D eigenvalue weighted by Crippen LogP contribution is 2.22. The zero-order valence-electron chi connectivity index (χ0n) is 23.2. The summed E-state index contributed by atoms with van der Waals surface area (Å²) in [6.45, 7) is 5.84. The van der Waals surface area contributed by atoms with Gasteiger partial charge in [-0.25, -0.2) is 15.2 Å². The van der Waals surface area contributed by atoms with Crippen LogP contribution in [0.15, 0.2) is 47.3 Å². The maximum absolute atomic E-state index is 14.2. The molecular formula is C28H29ClN8O5. The number of benzene rings is 2. The van der Waals surface area contributed by atoms with E-state index in [0.717, 1.165) is 17.9 Å². The van der Waals surface area contributed by atoms with Crippen LogP contribution >= 0.6 is 11.6 Å². The smallest absolute Gasteiger partial charge is 0.426 e. The molecule has 3 amide bonds. The number of amides is 3. The van der Waals surface area contributed by atoms with Crippen molar-refractivity contribution >= 4 is 40.4 Å². The predicted molar refractivity (Wildman–Crippen MR) is 154 cm³/mol. The third kappa shape index (κ3) is 6.25. The number of ether oxygens (including phenoxy) is 1. The Bertz CT molecular complexity index is 1710. The number of nitrogens with one attached hydrogen (secondary N) is 3. The summed E-state index contributed by atoms with van der Waals surface area (Å²) >= 11 is 6.16. The topological polar surface area (TPSA) is 166 Å². The third-order valence-electron chi connectivity index (χ3n) is 6.53. The lowest BCUT2D eigenvalue weighted by Gasteiger charge is -2.27. The summed E-state index contributed by atoms with van der Waals surface area (Å²) in [5.41, 5.74) is 1.82. The molecule has 13 nitrogen and oxygen atoms in total. The number of aromatic nitrogens is 5. The Labute approximate surface area is 245 Å². The molecule has 0 aliphatic carbocycles. The van der Waals surface area contributed by atoms with E-state index in [1.807, 2.05) is 0 Å². The molecule has 42 heavy (non-hydrogen) atoms. The second kappa shape index (κ2) is 11.6. The number of rotatable bonds is 5. The van der Waals surface area contributed by atoms with Gasteiger partial charge in [-0.2, -0.15) is 5.21 Å². The van der Waals surface area contributed by atoms with Crippen molar-refractivity contribution in [3.8, 4) is 11.4 Å². The largest absolute Gasteiger partial charge is 0.443 e. The van der Waals surface area contributed by atoms with Crippen molar-refractivity contribution in [2.24, 2.45) is 0 Å². The van der Waals surface area contributed by atoms with E-state index in [1.165, 1.54) is 18.2 Å². The van der Waals surface area contributed by atoms with Crippen LogP contribution in [0.2, 0.25) is 5.02 Å². The second-order valence-corrected chi connectivity index (χ2v) is 11.3. The third-order valence-corrected chi connectivity index (χ3v) is 6.76. The van der Waals surface area contributed by atoms with Crippen LogP contribution in [0.5, 0.6) is 0 Å². The Morgan fingerprint density at radius 3 is 2.57 bits per heavy atom. The van der Waals surface area contributed by atoms with Crippen molar-refractivity contribution in [3.63, 3.8) is 0 Å². The number of carbonyl (C=O) groups is 3. The van der Waals surface area contributed by atoms with E-state index < -0.39 is 34.5 Å². The van der Waals surface area contributed by atoms with Gasteiger partial charge in [0.15, 0.2) is 0 Å². The molecule has 2 aromatic heterocycles. The van der Waals surface area contributed by atoms with Crippen molar-refractivity contribution < 1.29 is 19.1 Å². The molecule has 5 rings (SSSR count). The monoisotopic (exact) mass is 592 g/mol. The Balaban J connectivity index is 1.60. The van der Waals surface area contributed by atoms with E-state index in [2.05, 4.69) is 31.0 Å². The van der Waals surface area contributed by atoms with Gasteiger partial charge >= 0.3 is 6.09 Å². The number of likely N-dealkylation sites (tertiary alicyclic amines) is 1. The number of halogens is 1. The molecule has 0 spiro atoms. The first-order valence-electron chi connectivity index (χ1n) is 13.3. The van der Waals surface area contributed by atoms with Gasteiger partial charge in [-0.05, 0) is 68.7 Å². The zero-order valence-corrected chi connectivity index (χ0v) is 24.0. The number of carbonyl (C=O) groups excluding carboxylic acids is 3. The molecule has 0 atom stereocenters. The Morgan fingerprint density at radius 1 is 1.12 bits per heavy atom. The minimum Gasteiger partial charge on any atom is -0.443 e. The molecule has 1 aliphatic rings. The minimum atomic E-state index is -0.915. The van der Waals surface area contributed by atoms with Gasteiger partial charge in [0.1, 0.15) is 16.9 Å². The van der Waals surface area contributed by atoms with E-state index in [1.54, 1.807) is 49.9 Å². The van der Waals surface area contributed by atoms with Crippen molar-refractivity contribution in [1.29, 1.82) is 0 Å². The number of hydrogen-bond acceptors (Lipinski definition) is 8. The summed E-state index contributed by atoms with van der Waals surface area (Å²) in [6, 6.07) is 11.5. The molecular weight excluding hydrogens is 564 g/mol. The SMILES string of the molecule is CC(C)(C)OC(=O)NN(Cc1cccc(-c2nn[nH]n2)c1)C(=O)c1c(C(=O)N2CCCC2)[nH]c2cc(Cl)ccc2c1=O. The van der Waals surface area contributed by atoms with Crippen LogP contribution in [0.4, 0.5) is 4.79 Å². The number of tetrazole rings is 1. The summed E-state index contributed by atoms with van der Waals surface area (Å²) < 4.78 is 5.40. The van der Waals surface area contributed by atoms with Gasteiger partial charge in [0.05, 0.1) is 12.1 Å². The predicted octanol–water partition coefficient (Wildman–Crippen LogP) is 3.68. The lowest BCUT2D eigenvalue weighted by molar-refractivity contribution is 0.0280. The number of aromatic amines is 2. The molecule has 0 radical (unpaired) electrons. The standard InChI is InChI=1S/C28H29ClN8O5/c1-28(2,3)42-27(41)33-37(15-16-7-6-8-17(13-16)24-31-34-35-32-24)25(39)21-22(26(40)36-11-4-5-12-36)30-20-14-18(29)9-10-19(20)23(21)38/h6-10,13-14H,4-5,11-12,15H2,1-3H3,(H,30,38)(H,33,41)(H,31,32,34,35). The molecule has 4 aromatic rings.